The number of aromatic nitrogens is 4. The van der Waals surface area contributed by atoms with Crippen LogP contribution in [0.25, 0.3) is 0 Å². The summed E-state index contributed by atoms with van der Waals surface area (Å²) >= 11 is 0. The molecule has 0 saturated carbocycles. The third kappa shape index (κ3) is 2.30. The number of nitrogens with one attached hydrogen (secondary N) is 2. The maximum absolute atomic E-state index is 12.3. The van der Waals surface area contributed by atoms with Gasteiger partial charge in [0.2, 0.25) is 0 Å². The number of likely N-dealkylation sites (tertiary alicyclic amines) is 1. The standard InChI is InChI=1S/C11H18N6O3/c1-3-11(9(18)19)5-4-6-17(11)10(20)12-7(2)8-13-15-16-14-8/h7H,3-6H2,1-2H3,(H,12,20)(H,18,19)(H,13,14,15,16). The van der Waals surface area contributed by atoms with Gasteiger partial charge in [-0.15, -0.1) is 10.2 Å². The lowest BCUT2D eigenvalue weighted by molar-refractivity contribution is -0.148. The Labute approximate surface area is 115 Å². The van der Waals surface area contributed by atoms with E-state index in [-0.39, 0.29) is 0 Å². The number of carbonyl (C=O) groups excluding carboxylic acids is 1. The van der Waals surface area contributed by atoms with E-state index < -0.39 is 23.6 Å². The Morgan fingerprint density at radius 3 is 2.90 bits per heavy atom. The van der Waals surface area contributed by atoms with Crippen molar-refractivity contribution in [3.8, 4) is 0 Å². The number of aliphatic carboxylic acids is 1. The van der Waals surface area contributed by atoms with Gasteiger partial charge in [-0.3, -0.25) is 0 Å². The first-order valence-corrected chi connectivity index (χ1v) is 6.56. The van der Waals surface area contributed by atoms with Gasteiger partial charge >= 0.3 is 12.0 Å². The summed E-state index contributed by atoms with van der Waals surface area (Å²) in [6, 6.07) is -0.853. The first kappa shape index (κ1) is 14.2. The first-order chi connectivity index (χ1) is 9.51. The van der Waals surface area contributed by atoms with Crippen LogP contribution in [-0.4, -0.2) is 54.7 Å². The molecule has 0 bridgehead atoms. The van der Waals surface area contributed by atoms with Crippen LogP contribution in [0.3, 0.4) is 0 Å². The largest absolute Gasteiger partial charge is 0.479 e. The second-order valence-corrected chi connectivity index (χ2v) is 4.89. The molecule has 9 heteroatoms. The van der Waals surface area contributed by atoms with Crippen LogP contribution in [0.1, 0.15) is 45.0 Å². The van der Waals surface area contributed by atoms with Crippen molar-refractivity contribution in [1.29, 1.82) is 0 Å². The van der Waals surface area contributed by atoms with Crippen LogP contribution >= 0.6 is 0 Å². The summed E-state index contributed by atoms with van der Waals surface area (Å²) in [5, 5.41) is 25.5. The van der Waals surface area contributed by atoms with Gasteiger partial charge < -0.3 is 15.3 Å². The number of aromatic amines is 1. The molecular weight excluding hydrogens is 264 g/mol. The Morgan fingerprint density at radius 1 is 1.60 bits per heavy atom. The molecule has 110 valence electrons. The molecule has 1 fully saturated rings. The Balaban J connectivity index is 2.10. The highest BCUT2D eigenvalue weighted by Gasteiger charge is 2.48. The average Bonchev–Trinajstić information content (AvgIpc) is 3.08. The zero-order chi connectivity index (χ0) is 14.8. The fraction of sp³-hybridized carbons (Fsp3) is 0.727. The minimum Gasteiger partial charge on any atom is -0.479 e. The average molecular weight is 282 g/mol. The molecule has 3 N–H and O–H groups in total. The lowest BCUT2D eigenvalue weighted by atomic mass is 9.93. The molecule has 2 heterocycles. The molecule has 2 unspecified atom stereocenters. The SMILES string of the molecule is CCC1(C(=O)O)CCCN1C(=O)NC(C)c1nn[nH]n1. The molecule has 2 atom stereocenters. The zero-order valence-electron chi connectivity index (χ0n) is 11.5. The van der Waals surface area contributed by atoms with Crippen molar-refractivity contribution in [2.75, 3.05) is 6.54 Å². The monoisotopic (exact) mass is 282 g/mol. The number of H-pyrrole nitrogens is 1. The van der Waals surface area contributed by atoms with Gasteiger partial charge in [0.05, 0.1) is 6.04 Å². The van der Waals surface area contributed by atoms with E-state index >= 15 is 0 Å². The molecule has 1 saturated heterocycles. The van der Waals surface area contributed by atoms with Crippen LogP contribution in [0, 0.1) is 0 Å². The van der Waals surface area contributed by atoms with Crippen LogP contribution in [0.4, 0.5) is 4.79 Å². The summed E-state index contributed by atoms with van der Waals surface area (Å²) < 4.78 is 0. The van der Waals surface area contributed by atoms with Gasteiger partial charge in [0, 0.05) is 6.54 Å². The Bertz CT molecular complexity index is 490. The number of carboxylic acid groups (broad SMARTS) is 1. The molecule has 1 aliphatic heterocycles. The molecule has 0 spiro atoms. The van der Waals surface area contributed by atoms with Crippen molar-refractivity contribution in [3.63, 3.8) is 0 Å². The molecule has 0 aliphatic carbocycles. The number of amides is 2. The number of tetrazole rings is 1. The number of rotatable bonds is 4. The van der Waals surface area contributed by atoms with Crippen molar-refractivity contribution >= 4 is 12.0 Å². The summed E-state index contributed by atoms with van der Waals surface area (Å²) in [6.07, 6.45) is 1.54. The van der Waals surface area contributed by atoms with Crippen molar-refractivity contribution in [2.45, 2.75) is 44.7 Å². The predicted octanol–water partition coefficient (Wildman–Crippen LogP) is 0.299. The first-order valence-electron chi connectivity index (χ1n) is 6.56. The van der Waals surface area contributed by atoms with Gasteiger partial charge in [-0.1, -0.05) is 12.1 Å². The van der Waals surface area contributed by atoms with Crippen molar-refractivity contribution in [1.82, 2.24) is 30.8 Å². The van der Waals surface area contributed by atoms with E-state index in [4.69, 9.17) is 0 Å². The van der Waals surface area contributed by atoms with E-state index in [1.54, 1.807) is 13.8 Å². The van der Waals surface area contributed by atoms with Crippen LogP contribution in [0.2, 0.25) is 0 Å². The van der Waals surface area contributed by atoms with Crippen LogP contribution < -0.4 is 5.32 Å². The summed E-state index contributed by atoms with van der Waals surface area (Å²) in [5.41, 5.74) is -1.11. The predicted molar refractivity (Wildman–Crippen MR) is 67.7 cm³/mol. The summed E-state index contributed by atoms with van der Waals surface area (Å²) in [5.74, 6) is -0.602. The third-order valence-electron chi connectivity index (χ3n) is 3.81. The second-order valence-electron chi connectivity index (χ2n) is 4.89. The fourth-order valence-electron chi connectivity index (χ4n) is 2.60. The molecule has 2 amide bonds. The molecular formula is C11H18N6O3. The third-order valence-corrected chi connectivity index (χ3v) is 3.81. The summed E-state index contributed by atoms with van der Waals surface area (Å²) in [4.78, 5) is 25.2. The van der Waals surface area contributed by atoms with Crippen LogP contribution in [-0.2, 0) is 4.79 Å². The maximum Gasteiger partial charge on any atom is 0.329 e. The Hall–Kier alpha value is -2.19. The highest BCUT2D eigenvalue weighted by atomic mass is 16.4. The number of nitrogens with zero attached hydrogens (tertiary/aromatic N) is 4. The van der Waals surface area contributed by atoms with E-state index in [0.717, 1.165) is 0 Å². The lowest BCUT2D eigenvalue weighted by Gasteiger charge is -2.34. The van der Waals surface area contributed by atoms with Crippen molar-refractivity contribution < 1.29 is 14.7 Å². The number of urea groups is 1. The highest BCUT2D eigenvalue weighted by molar-refractivity contribution is 5.87. The van der Waals surface area contributed by atoms with Gasteiger partial charge in [0.15, 0.2) is 5.82 Å². The Kier molecular flexibility index (Phi) is 3.86. The highest BCUT2D eigenvalue weighted by Crippen LogP contribution is 2.33. The molecule has 20 heavy (non-hydrogen) atoms. The molecule has 1 aromatic heterocycles. The Morgan fingerprint density at radius 2 is 2.35 bits per heavy atom. The van der Waals surface area contributed by atoms with E-state index in [2.05, 4.69) is 25.9 Å². The van der Waals surface area contributed by atoms with Gasteiger partial charge in [-0.2, -0.15) is 5.21 Å². The minimum absolute atomic E-state index is 0.356. The maximum atomic E-state index is 12.3. The fourth-order valence-corrected chi connectivity index (χ4v) is 2.60. The van der Waals surface area contributed by atoms with Crippen LogP contribution in [0.15, 0.2) is 0 Å². The van der Waals surface area contributed by atoms with E-state index in [1.165, 1.54) is 4.90 Å². The normalized spacial score (nSPS) is 23.6. The quantitative estimate of drug-likeness (QED) is 0.729. The number of carboxylic acids is 1. The van der Waals surface area contributed by atoms with E-state index in [1.807, 2.05) is 0 Å². The molecule has 9 nitrogen and oxygen atoms in total. The number of hydrogen-bond donors (Lipinski definition) is 3. The van der Waals surface area contributed by atoms with Crippen LogP contribution in [0.5, 0.6) is 0 Å². The minimum atomic E-state index is -1.11. The van der Waals surface area contributed by atoms with Crippen molar-refractivity contribution in [3.05, 3.63) is 5.82 Å². The lowest BCUT2D eigenvalue weighted by Crippen LogP contribution is -2.55. The smallest absolute Gasteiger partial charge is 0.329 e. The number of hydrogen-bond acceptors (Lipinski definition) is 5. The van der Waals surface area contributed by atoms with Gasteiger partial charge in [-0.05, 0) is 26.2 Å². The van der Waals surface area contributed by atoms with E-state index in [9.17, 15) is 14.7 Å². The van der Waals surface area contributed by atoms with Crippen molar-refractivity contribution in [2.24, 2.45) is 0 Å². The van der Waals surface area contributed by atoms with Gasteiger partial charge in [0.25, 0.3) is 0 Å². The molecule has 1 aliphatic rings. The molecule has 0 aromatic carbocycles. The van der Waals surface area contributed by atoms with E-state index in [0.29, 0.717) is 31.6 Å². The zero-order valence-corrected chi connectivity index (χ0v) is 11.5. The molecule has 1 aromatic rings. The number of carbonyl (C=O) groups is 2. The second kappa shape index (κ2) is 5.43. The van der Waals surface area contributed by atoms with Gasteiger partial charge in [0.1, 0.15) is 5.54 Å². The molecule has 0 radical (unpaired) electrons. The molecule has 2 rings (SSSR count). The summed E-state index contributed by atoms with van der Waals surface area (Å²) in [7, 11) is 0. The topological polar surface area (TPSA) is 124 Å². The van der Waals surface area contributed by atoms with Gasteiger partial charge in [-0.25, -0.2) is 9.59 Å². The summed E-state index contributed by atoms with van der Waals surface area (Å²) in [6.45, 7) is 3.93.